The highest BCUT2D eigenvalue weighted by Gasteiger charge is 2.16. The summed E-state index contributed by atoms with van der Waals surface area (Å²) in [6, 6.07) is 4.17. The molecule has 0 spiro atoms. The van der Waals surface area contributed by atoms with Crippen molar-refractivity contribution in [1.82, 2.24) is 5.32 Å². The quantitative estimate of drug-likeness (QED) is 0.928. The third kappa shape index (κ3) is 2.75. The van der Waals surface area contributed by atoms with E-state index in [1.807, 2.05) is 0 Å². The molecular weight excluding hydrogens is 294 g/mol. The van der Waals surface area contributed by atoms with Crippen molar-refractivity contribution >= 4 is 27.4 Å². The number of allylic oxidation sites excluding steroid dienone is 1. The molecule has 1 amide bonds. The van der Waals surface area contributed by atoms with Crippen LogP contribution in [-0.2, 0) is 11.2 Å². The number of amides is 1. The number of rotatable bonds is 4. The molecule has 1 aromatic carbocycles. The molecule has 0 heterocycles. The van der Waals surface area contributed by atoms with Gasteiger partial charge in [-0.15, -0.1) is 0 Å². The van der Waals surface area contributed by atoms with E-state index >= 15 is 0 Å². The monoisotopic (exact) mass is 309 g/mol. The highest BCUT2D eigenvalue weighted by atomic mass is 79.9. The molecule has 0 aliphatic heterocycles. The van der Waals surface area contributed by atoms with Crippen LogP contribution in [0.5, 0.6) is 5.75 Å². The van der Waals surface area contributed by atoms with Gasteiger partial charge in [0.1, 0.15) is 5.75 Å². The van der Waals surface area contributed by atoms with Crippen LogP contribution >= 0.6 is 15.9 Å². The second-order valence-corrected chi connectivity index (χ2v) is 5.16. The molecule has 0 radical (unpaired) electrons. The number of ether oxygens (including phenoxy) is 1. The highest BCUT2D eigenvalue weighted by Crippen LogP contribution is 2.36. The molecule has 96 valence electrons. The van der Waals surface area contributed by atoms with Gasteiger partial charge in [-0.2, -0.15) is 0 Å². The molecule has 1 aliphatic carbocycles. The molecule has 3 nitrogen and oxygen atoms in total. The summed E-state index contributed by atoms with van der Waals surface area (Å²) < 4.78 is 6.30. The summed E-state index contributed by atoms with van der Waals surface area (Å²) in [5.74, 6) is 0.864. The second-order valence-electron chi connectivity index (χ2n) is 4.31. The molecule has 1 aromatic rings. The van der Waals surface area contributed by atoms with Crippen LogP contribution in [0.15, 0.2) is 22.7 Å². The first-order valence-corrected chi connectivity index (χ1v) is 6.71. The smallest absolute Gasteiger partial charge is 0.216 e. The summed E-state index contributed by atoms with van der Waals surface area (Å²) in [6.45, 7) is 2.22. The number of carbonyl (C=O) groups is 1. The molecule has 0 unspecified atom stereocenters. The number of nitrogens with one attached hydrogen (secondary N) is 1. The number of carbonyl (C=O) groups excluding carboxylic acids is 1. The van der Waals surface area contributed by atoms with Crippen molar-refractivity contribution in [2.75, 3.05) is 13.7 Å². The molecular formula is C14H16BrNO2. The van der Waals surface area contributed by atoms with Crippen molar-refractivity contribution in [3.05, 3.63) is 33.8 Å². The lowest BCUT2D eigenvalue weighted by Gasteiger charge is -2.10. The zero-order chi connectivity index (χ0) is 13.1. The summed E-state index contributed by atoms with van der Waals surface area (Å²) in [5.41, 5.74) is 3.82. The van der Waals surface area contributed by atoms with Crippen LogP contribution in [0.25, 0.3) is 5.57 Å². The van der Waals surface area contributed by atoms with E-state index in [0.717, 1.165) is 23.1 Å². The highest BCUT2D eigenvalue weighted by molar-refractivity contribution is 9.10. The summed E-state index contributed by atoms with van der Waals surface area (Å²) >= 11 is 3.50. The first-order valence-electron chi connectivity index (χ1n) is 5.92. The Bertz CT molecular complexity index is 509. The predicted molar refractivity (Wildman–Crippen MR) is 75.7 cm³/mol. The lowest BCUT2D eigenvalue weighted by atomic mass is 10.0. The molecule has 4 heteroatoms. The average Bonchev–Trinajstić information content (AvgIpc) is 2.70. The van der Waals surface area contributed by atoms with Crippen LogP contribution in [0.3, 0.4) is 0 Å². The molecule has 0 saturated heterocycles. The van der Waals surface area contributed by atoms with E-state index in [9.17, 15) is 4.79 Å². The van der Waals surface area contributed by atoms with Gasteiger partial charge >= 0.3 is 0 Å². The number of fused-ring (bicyclic) bond motifs is 1. The van der Waals surface area contributed by atoms with Crippen molar-refractivity contribution in [3.8, 4) is 5.75 Å². The Hall–Kier alpha value is -1.29. The number of benzene rings is 1. The molecule has 18 heavy (non-hydrogen) atoms. The zero-order valence-corrected chi connectivity index (χ0v) is 12.1. The topological polar surface area (TPSA) is 38.3 Å². The van der Waals surface area contributed by atoms with Crippen LogP contribution in [-0.4, -0.2) is 19.6 Å². The summed E-state index contributed by atoms with van der Waals surface area (Å²) in [6.07, 6.45) is 4.03. The maximum Gasteiger partial charge on any atom is 0.216 e. The predicted octanol–water partition coefficient (Wildman–Crippen LogP) is 2.92. The van der Waals surface area contributed by atoms with E-state index in [0.29, 0.717) is 6.54 Å². The lowest BCUT2D eigenvalue weighted by molar-refractivity contribution is -0.118. The summed E-state index contributed by atoms with van der Waals surface area (Å²) in [5, 5.41) is 2.82. The third-order valence-corrected chi connectivity index (χ3v) is 3.68. The van der Waals surface area contributed by atoms with Gasteiger partial charge < -0.3 is 10.1 Å². The van der Waals surface area contributed by atoms with Crippen molar-refractivity contribution in [2.45, 2.75) is 19.8 Å². The molecule has 1 aliphatic rings. The van der Waals surface area contributed by atoms with Gasteiger partial charge in [-0.25, -0.2) is 0 Å². The second kappa shape index (κ2) is 5.57. The van der Waals surface area contributed by atoms with Gasteiger partial charge in [0, 0.05) is 13.5 Å². The van der Waals surface area contributed by atoms with Crippen molar-refractivity contribution in [1.29, 1.82) is 0 Å². The van der Waals surface area contributed by atoms with Crippen LogP contribution in [0.1, 0.15) is 24.5 Å². The van der Waals surface area contributed by atoms with Gasteiger partial charge in [0.05, 0.1) is 11.6 Å². The normalized spacial score (nSPS) is 12.9. The van der Waals surface area contributed by atoms with Gasteiger partial charge in [0.15, 0.2) is 0 Å². The molecule has 0 saturated carbocycles. The van der Waals surface area contributed by atoms with E-state index in [1.54, 1.807) is 7.11 Å². The Morgan fingerprint density at radius 2 is 2.28 bits per heavy atom. The average molecular weight is 310 g/mol. The van der Waals surface area contributed by atoms with Crippen LogP contribution < -0.4 is 10.1 Å². The summed E-state index contributed by atoms with van der Waals surface area (Å²) in [4.78, 5) is 10.9. The molecule has 2 rings (SSSR count). The van der Waals surface area contributed by atoms with Crippen LogP contribution in [0.2, 0.25) is 0 Å². The Kier molecular flexibility index (Phi) is 4.07. The number of methoxy groups -OCH3 is 1. The van der Waals surface area contributed by atoms with Gasteiger partial charge in [-0.1, -0.05) is 6.08 Å². The minimum Gasteiger partial charge on any atom is -0.496 e. The van der Waals surface area contributed by atoms with Gasteiger partial charge in [0.2, 0.25) is 5.91 Å². The van der Waals surface area contributed by atoms with E-state index < -0.39 is 0 Å². The van der Waals surface area contributed by atoms with E-state index in [1.165, 1.54) is 23.6 Å². The Labute approximate surface area is 115 Å². The number of hydrogen-bond acceptors (Lipinski definition) is 2. The van der Waals surface area contributed by atoms with E-state index in [4.69, 9.17) is 4.74 Å². The fourth-order valence-corrected chi connectivity index (χ4v) is 2.72. The first kappa shape index (κ1) is 13.1. The molecule has 0 aromatic heterocycles. The number of halogens is 1. The Morgan fingerprint density at radius 1 is 1.50 bits per heavy atom. The number of hydrogen-bond donors (Lipinski definition) is 1. The SMILES string of the molecule is COc1cc2c(cc1Br)CC=C2CCNC(C)=O. The molecule has 0 bridgehead atoms. The maximum atomic E-state index is 10.9. The van der Waals surface area contributed by atoms with E-state index in [2.05, 4.69) is 39.5 Å². The lowest BCUT2D eigenvalue weighted by Crippen LogP contribution is -2.20. The Balaban J connectivity index is 2.13. The summed E-state index contributed by atoms with van der Waals surface area (Å²) in [7, 11) is 1.67. The van der Waals surface area contributed by atoms with E-state index in [-0.39, 0.29) is 5.91 Å². The zero-order valence-electron chi connectivity index (χ0n) is 10.5. The molecule has 0 fully saturated rings. The van der Waals surface area contributed by atoms with Gasteiger partial charge in [-0.05, 0) is 57.6 Å². The van der Waals surface area contributed by atoms with Crippen LogP contribution in [0, 0.1) is 0 Å². The van der Waals surface area contributed by atoms with Gasteiger partial charge in [-0.3, -0.25) is 4.79 Å². The first-order chi connectivity index (χ1) is 8.61. The molecule has 1 N–H and O–H groups in total. The van der Waals surface area contributed by atoms with Gasteiger partial charge in [0.25, 0.3) is 0 Å². The maximum absolute atomic E-state index is 10.9. The fraction of sp³-hybridized carbons (Fsp3) is 0.357. The largest absolute Gasteiger partial charge is 0.496 e. The fourth-order valence-electron chi connectivity index (χ4n) is 2.17. The van der Waals surface area contributed by atoms with Crippen molar-refractivity contribution in [3.63, 3.8) is 0 Å². The van der Waals surface area contributed by atoms with Crippen molar-refractivity contribution < 1.29 is 9.53 Å². The van der Waals surface area contributed by atoms with Crippen molar-refractivity contribution in [2.24, 2.45) is 0 Å². The standard InChI is InChI=1S/C14H16BrNO2/c1-9(17)16-6-5-10-3-4-11-7-13(15)14(18-2)8-12(10)11/h3,7-8H,4-6H2,1-2H3,(H,16,17). The third-order valence-electron chi connectivity index (χ3n) is 3.06. The molecule has 0 atom stereocenters. The minimum atomic E-state index is 0.0159. The van der Waals surface area contributed by atoms with Crippen LogP contribution in [0.4, 0.5) is 0 Å². The minimum absolute atomic E-state index is 0.0159. The Morgan fingerprint density at radius 3 is 2.94 bits per heavy atom.